The van der Waals surface area contributed by atoms with Crippen LogP contribution in [0.5, 0.6) is 5.88 Å². The molecule has 13 heteroatoms. The highest BCUT2D eigenvalue weighted by Crippen LogP contribution is 2.32. The number of sulfonamides is 1. The molecule has 1 unspecified atom stereocenters. The fourth-order valence-electron chi connectivity index (χ4n) is 4.33. The zero-order valence-corrected chi connectivity index (χ0v) is 24.6. The molecule has 0 fully saturated rings. The zero-order valence-electron chi connectivity index (χ0n) is 23.8. The van der Waals surface area contributed by atoms with Gasteiger partial charge in [-0.25, -0.2) is 13.4 Å². The van der Waals surface area contributed by atoms with Crippen LogP contribution in [-0.2, 0) is 28.4 Å². The second kappa shape index (κ2) is 12.1. The van der Waals surface area contributed by atoms with E-state index in [1.54, 1.807) is 19.1 Å². The fourth-order valence-corrected chi connectivity index (χ4v) is 5.44. The molecule has 0 bridgehead atoms. The number of hydrogen-bond acceptors (Lipinski definition) is 8. The summed E-state index contributed by atoms with van der Waals surface area (Å²) in [6.07, 6.45) is -1.20. The molecule has 3 aromatic rings. The predicted octanol–water partition coefficient (Wildman–Crippen LogP) is 5.96. The van der Waals surface area contributed by atoms with Gasteiger partial charge in [-0.15, -0.1) is 0 Å². The second-order valence-electron chi connectivity index (χ2n) is 10.4. The maximum absolute atomic E-state index is 13.2. The van der Waals surface area contributed by atoms with Gasteiger partial charge in [0.05, 0.1) is 29.0 Å². The fraction of sp³-hybridized carbons (Fsp3) is 0.519. The summed E-state index contributed by atoms with van der Waals surface area (Å²) in [5.41, 5.74) is 2.77. The minimum absolute atomic E-state index is 0.108. The number of ether oxygens (including phenoxy) is 1. The quantitative estimate of drug-likeness (QED) is 0.363. The number of benzene rings is 1. The summed E-state index contributed by atoms with van der Waals surface area (Å²) in [6.45, 7) is 13.3. The normalized spacial score (nSPS) is 15.1. The molecule has 3 heterocycles. The van der Waals surface area contributed by atoms with E-state index in [2.05, 4.69) is 29.5 Å². The van der Waals surface area contributed by atoms with E-state index in [1.807, 2.05) is 47.6 Å². The van der Waals surface area contributed by atoms with Crippen LogP contribution in [0.2, 0.25) is 0 Å². The monoisotopic (exact) mass is 583 g/mol. The summed E-state index contributed by atoms with van der Waals surface area (Å²) in [4.78, 5) is 10.4. The predicted molar refractivity (Wildman–Crippen MR) is 145 cm³/mol. The molecule has 1 aliphatic heterocycles. The highest BCUT2D eigenvalue weighted by atomic mass is 32.2. The van der Waals surface area contributed by atoms with E-state index in [1.165, 1.54) is 12.4 Å². The Labute approximate surface area is 233 Å². The number of fused-ring (bicyclic) bond motifs is 1. The molecule has 220 valence electrons. The van der Waals surface area contributed by atoms with Crippen molar-refractivity contribution in [2.75, 3.05) is 17.9 Å². The van der Waals surface area contributed by atoms with E-state index in [4.69, 9.17) is 4.52 Å². The number of nitrogens with one attached hydrogen (secondary N) is 1. The molecule has 2 aromatic heterocycles. The minimum Gasteiger partial charge on any atom is -0.467 e. The van der Waals surface area contributed by atoms with E-state index >= 15 is 0 Å². The molecular formula is C27H36F3N5O4S. The second-order valence-corrected chi connectivity index (χ2v) is 12.0. The summed E-state index contributed by atoms with van der Waals surface area (Å²) in [5.74, 6) is 0.555. The van der Waals surface area contributed by atoms with Gasteiger partial charge in [0.2, 0.25) is 5.88 Å². The first kappa shape index (κ1) is 31.3. The van der Waals surface area contributed by atoms with Crippen molar-refractivity contribution in [3.63, 3.8) is 0 Å². The summed E-state index contributed by atoms with van der Waals surface area (Å²) in [7, 11) is -3.92. The lowest BCUT2D eigenvalue weighted by Gasteiger charge is -2.33. The molecule has 0 amide bonds. The van der Waals surface area contributed by atoms with E-state index in [9.17, 15) is 21.6 Å². The van der Waals surface area contributed by atoms with E-state index in [0.29, 0.717) is 36.5 Å². The molecule has 9 nitrogen and oxygen atoms in total. The van der Waals surface area contributed by atoms with Crippen LogP contribution in [0.1, 0.15) is 75.7 Å². The maximum atomic E-state index is 13.2. The van der Waals surface area contributed by atoms with Crippen LogP contribution < -0.4 is 9.46 Å². The molecule has 1 aliphatic rings. The number of alkyl halides is 3. The number of anilines is 1. The van der Waals surface area contributed by atoms with Crippen LogP contribution in [0.15, 0.2) is 40.0 Å². The van der Waals surface area contributed by atoms with Gasteiger partial charge in [0.25, 0.3) is 10.0 Å². The van der Waals surface area contributed by atoms with Gasteiger partial charge in [-0.05, 0) is 43.5 Å². The Morgan fingerprint density at radius 1 is 1.12 bits per heavy atom. The Bertz CT molecular complexity index is 1400. The summed E-state index contributed by atoms with van der Waals surface area (Å²) >= 11 is 0. The van der Waals surface area contributed by atoms with Crippen molar-refractivity contribution in [1.29, 1.82) is 0 Å². The molecule has 1 N–H and O–H groups in total. The summed E-state index contributed by atoms with van der Waals surface area (Å²) in [6, 6.07) is 4.83. The molecule has 1 atom stereocenters. The largest absolute Gasteiger partial charge is 0.467 e. The van der Waals surface area contributed by atoms with Gasteiger partial charge in [-0.2, -0.15) is 13.2 Å². The van der Waals surface area contributed by atoms with E-state index in [0.717, 1.165) is 11.1 Å². The third kappa shape index (κ3) is 7.51. The molecule has 0 aliphatic carbocycles. The number of hydrogen-bond donors (Lipinski definition) is 1. The Morgan fingerprint density at radius 3 is 2.40 bits per heavy atom. The Kier molecular flexibility index (Phi) is 9.50. The van der Waals surface area contributed by atoms with Crippen LogP contribution >= 0.6 is 0 Å². The SMILES string of the molecule is CC.Cc1c(NS(=O)(=O)c2ccc3c(c2)CN(C(C)c2cnc(OCC(F)(F)F)cn2)CC3)noc1C(C)(C)C. The highest BCUT2D eigenvalue weighted by Gasteiger charge is 2.30. The van der Waals surface area contributed by atoms with Crippen molar-refractivity contribution in [2.24, 2.45) is 0 Å². The van der Waals surface area contributed by atoms with Crippen molar-refractivity contribution in [2.45, 2.75) is 84.0 Å². The van der Waals surface area contributed by atoms with Crippen molar-refractivity contribution >= 4 is 15.8 Å². The van der Waals surface area contributed by atoms with Crippen LogP contribution in [0.4, 0.5) is 19.0 Å². The lowest BCUT2D eigenvalue weighted by molar-refractivity contribution is -0.154. The van der Waals surface area contributed by atoms with Crippen LogP contribution in [0, 0.1) is 6.92 Å². The zero-order chi connectivity index (χ0) is 29.9. The third-order valence-corrected chi connectivity index (χ3v) is 7.71. The van der Waals surface area contributed by atoms with Gasteiger partial charge >= 0.3 is 6.18 Å². The molecule has 0 saturated carbocycles. The average Bonchev–Trinajstić information content (AvgIpc) is 3.27. The smallest absolute Gasteiger partial charge is 0.422 e. The first-order chi connectivity index (χ1) is 18.6. The minimum atomic E-state index is -4.46. The number of nitrogens with zero attached hydrogens (tertiary/aromatic N) is 4. The standard InChI is InChI=1S/C25H30F3N5O4S.C2H6/c1-15-22(24(3,4)5)37-31-23(15)32-38(34,35)19-7-6-17-8-9-33(13-18(17)10-19)16(2)20-11-30-21(12-29-20)36-14-25(26,27)28;1-2/h6-7,10-12,16H,8-9,13-14H2,1-5H3,(H,31,32);1-2H3. The number of aromatic nitrogens is 3. The van der Waals surface area contributed by atoms with Crippen molar-refractivity contribution in [3.8, 4) is 5.88 Å². The highest BCUT2D eigenvalue weighted by molar-refractivity contribution is 7.92. The van der Waals surface area contributed by atoms with Crippen LogP contribution in [0.3, 0.4) is 0 Å². The topological polar surface area (TPSA) is 110 Å². The molecule has 0 radical (unpaired) electrons. The Hall–Kier alpha value is -3.19. The van der Waals surface area contributed by atoms with Crippen molar-refractivity contribution in [1.82, 2.24) is 20.0 Å². The van der Waals surface area contributed by atoms with Gasteiger partial charge in [-0.3, -0.25) is 14.6 Å². The molecule has 40 heavy (non-hydrogen) atoms. The van der Waals surface area contributed by atoms with Crippen molar-refractivity contribution < 1.29 is 30.8 Å². The third-order valence-electron chi connectivity index (χ3n) is 6.37. The Morgan fingerprint density at radius 2 is 1.82 bits per heavy atom. The molecule has 0 saturated heterocycles. The number of halogens is 3. The van der Waals surface area contributed by atoms with E-state index < -0.39 is 22.8 Å². The summed E-state index contributed by atoms with van der Waals surface area (Å²) in [5, 5.41) is 3.93. The van der Waals surface area contributed by atoms with Crippen LogP contribution in [-0.4, -0.2) is 47.8 Å². The lowest BCUT2D eigenvalue weighted by Crippen LogP contribution is -2.33. The molecule has 0 spiro atoms. The van der Waals surface area contributed by atoms with E-state index in [-0.39, 0.29) is 28.1 Å². The molecule has 1 aromatic carbocycles. The Balaban J connectivity index is 0.00000216. The van der Waals surface area contributed by atoms with Crippen molar-refractivity contribution in [3.05, 3.63) is 58.7 Å². The first-order valence-corrected chi connectivity index (χ1v) is 14.5. The van der Waals surface area contributed by atoms with Gasteiger partial charge in [-0.1, -0.05) is 45.8 Å². The van der Waals surface area contributed by atoms with Gasteiger partial charge < -0.3 is 9.26 Å². The first-order valence-electron chi connectivity index (χ1n) is 13.0. The molecule has 4 rings (SSSR count). The lowest BCUT2D eigenvalue weighted by atomic mass is 9.91. The van der Waals surface area contributed by atoms with Crippen LogP contribution in [0.25, 0.3) is 0 Å². The molecular weight excluding hydrogens is 547 g/mol. The summed E-state index contributed by atoms with van der Waals surface area (Å²) < 4.78 is 76.0. The van der Waals surface area contributed by atoms with Gasteiger partial charge in [0.1, 0.15) is 5.76 Å². The number of rotatable bonds is 7. The van der Waals surface area contributed by atoms with Gasteiger partial charge in [0.15, 0.2) is 12.4 Å². The van der Waals surface area contributed by atoms with Gasteiger partial charge in [0, 0.05) is 24.1 Å². The average molecular weight is 584 g/mol. The maximum Gasteiger partial charge on any atom is 0.422 e.